The van der Waals surface area contributed by atoms with Gasteiger partial charge in [-0.3, -0.25) is 9.48 Å². The first-order valence-corrected chi connectivity index (χ1v) is 9.79. The van der Waals surface area contributed by atoms with Gasteiger partial charge in [-0.1, -0.05) is 19.9 Å². The van der Waals surface area contributed by atoms with E-state index in [1.165, 1.54) is 0 Å². The number of ether oxygens (including phenoxy) is 2. The quantitative estimate of drug-likeness (QED) is 0.899. The van der Waals surface area contributed by atoms with Crippen LogP contribution in [0.25, 0.3) is 0 Å². The number of hydrogen-bond donors (Lipinski definition) is 1. The van der Waals surface area contributed by atoms with Crippen LogP contribution in [-0.2, 0) is 19.9 Å². The van der Waals surface area contributed by atoms with Gasteiger partial charge in [-0.25, -0.2) is 0 Å². The maximum absolute atomic E-state index is 13.1. The fourth-order valence-electron chi connectivity index (χ4n) is 4.06. The van der Waals surface area contributed by atoms with Crippen LogP contribution in [0, 0.1) is 5.92 Å². The lowest BCUT2D eigenvalue weighted by Crippen LogP contribution is -2.33. The minimum absolute atomic E-state index is 0.0539. The lowest BCUT2D eigenvalue weighted by molar-refractivity contribution is 0.0914. The summed E-state index contributed by atoms with van der Waals surface area (Å²) >= 11 is 0. The molecule has 6 nitrogen and oxygen atoms in total. The zero-order chi connectivity index (χ0) is 19.0. The van der Waals surface area contributed by atoms with Gasteiger partial charge in [0.05, 0.1) is 11.7 Å². The van der Waals surface area contributed by atoms with Gasteiger partial charge in [0.2, 0.25) is 0 Å². The molecule has 27 heavy (non-hydrogen) atoms. The maximum Gasteiger partial charge on any atom is 0.270 e. The molecule has 1 amide bonds. The van der Waals surface area contributed by atoms with Gasteiger partial charge in [0.25, 0.3) is 5.91 Å². The predicted molar refractivity (Wildman–Crippen MR) is 102 cm³/mol. The van der Waals surface area contributed by atoms with Gasteiger partial charge < -0.3 is 14.8 Å². The van der Waals surface area contributed by atoms with Gasteiger partial charge in [0, 0.05) is 12.6 Å². The molecule has 0 saturated carbocycles. The van der Waals surface area contributed by atoms with Gasteiger partial charge in [-0.05, 0) is 49.3 Å². The van der Waals surface area contributed by atoms with Crippen molar-refractivity contribution in [2.24, 2.45) is 13.0 Å². The zero-order valence-corrected chi connectivity index (χ0v) is 16.2. The first kappa shape index (κ1) is 17.9. The molecule has 0 fully saturated rings. The van der Waals surface area contributed by atoms with Crippen LogP contribution in [0.4, 0.5) is 0 Å². The van der Waals surface area contributed by atoms with E-state index in [-0.39, 0.29) is 17.9 Å². The molecule has 0 bridgehead atoms. The summed E-state index contributed by atoms with van der Waals surface area (Å²) in [5.74, 6) is 1.69. The topological polar surface area (TPSA) is 65.4 Å². The minimum atomic E-state index is -0.109. The molecule has 0 unspecified atom stereocenters. The highest BCUT2D eigenvalue weighted by Gasteiger charge is 2.27. The average molecular weight is 369 g/mol. The third-order valence-corrected chi connectivity index (χ3v) is 5.41. The van der Waals surface area contributed by atoms with Crippen LogP contribution >= 0.6 is 0 Å². The molecule has 2 aromatic rings. The third kappa shape index (κ3) is 3.40. The third-order valence-electron chi connectivity index (χ3n) is 5.41. The Morgan fingerprint density at radius 3 is 2.67 bits per heavy atom. The Morgan fingerprint density at radius 1 is 1.15 bits per heavy atom. The van der Waals surface area contributed by atoms with Crippen LogP contribution in [0.2, 0.25) is 0 Å². The summed E-state index contributed by atoms with van der Waals surface area (Å²) in [6, 6.07) is 5.81. The first-order valence-electron chi connectivity index (χ1n) is 9.79. The van der Waals surface area contributed by atoms with Crippen LogP contribution in [0.5, 0.6) is 11.5 Å². The smallest absolute Gasteiger partial charge is 0.270 e. The van der Waals surface area contributed by atoms with E-state index in [4.69, 9.17) is 9.47 Å². The molecule has 1 aliphatic heterocycles. The molecule has 1 aliphatic carbocycles. The summed E-state index contributed by atoms with van der Waals surface area (Å²) in [7, 11) is 1.86. The lowest BCUT2D eigenvalue weighted by Gasteiger charge is -2.25. The molecule has 1 aromatic heterocycles. The normalized spacial score (nSPS) is 16.7. The first-order chi connectivity index (χ1) is 13.0. The van der Waals surface area contributed by atoms with Gasteiger partial charge in [-0.15, -0.1) is 0 Å². The number of nitrogens with zero attached hydrogens (tertiary/aromatic N) is 2. The van der Waals surface area contributed by atoms with Crippen molar-refractivity contribution in [3.8, 4) is 11.5 Å². The van der Waals surface area contributed by atoms with E-state index in [0.29, 0.717) is 18.9 Å². The number of rotatable bonds is 4. The Kier molecular flexibility index (Phi) is 4.81. The Hall–Kier alpha value is -2.50. The van der Waals surface area contributed by atoms with Crippen molar-refractivity contribution in [3.05, 3.63) is 40.7 Å². The second-order valence-electron chi connectivity index (χ2n) is 7.70. The standard InChI is InChI=1S/C21H27N3O3/c1-13(2)19(14-8-9-17-18(12-14)27-11-10-26-17)22-21(25)20-15-6-4-5-7-16(15)23-24(20)3/h8-9,12-13,19H,4-7,10-11H2,1-3H3,(H,22,25)/t19-/m1/s1. The molecule has 2 aliphatic rings. The fourth-order valence-corrected chi connectivity index (χ4v) is 4.06. The molecular formula is C21H27N3O3. The summed E-state index contributed by atoms with van der Waals surface area (Å²) < 4.78 is 13.1. The summed E-state index contributed by atoms with van der Waals surface area (Å²) in [6.45, 7) is 5.35. The minimum Gasteiger partial charge on any atom is -0.486 e. The number of hydrogen-bond acceptors (Lipinski definition) is 4. The van der Waals surface area contributed by atoms with Gasteiger partial charge in [0.15, 0.2) is 11.5 Å². The highest BCUT2D eigenvalue weighted by Crippen LogP contribution is 2.34. The summed E-state index contributed by atoms with van der Waals surface area (Å²) in [5.41, 5.74) is 3.92. The van der Waals surface area contributed by atoms with Gasteiger partial charge >= 0.3 is 0 Å². The largest absolute Gasteiger partial charge is 0.486 e. The molecule has 1 atom stereocenters. The number of amides is 1. The number of benzene rings is 1. The van der Waals surface area contributed by atoms with Crippen molar-refractivity contribution >= 4 is 5.91 Å². The number of aryl methyl sites for hydroxylation is 2. The molecule has 4 rings (SSSR count). The van der Waals surface area contributed by atoms with Crippen molar-refractivity contribution in [1.82, 2.24) is 15.1 Å². The van der Waals surface area contributed by atoms with Gasteiger partial charge in [-0.2, -0.15) is 5.10 Å². The van der Waals surface area contributed by atoms with E-state index < -0.39 is 0 Å². The number of fused-ring (bicyclic) bond motifs is 2. The summed E-state index contributed by atoms with van der Waals surface area (Å²) in [4.78, 5) is 13.1. The van der Waals surface area contributed by atoms with Crippen LogP contribution in [0.1, 0.15) is 60.0 Å². The highest BCUT2D eigenvalue weighted by atomic mass is 16.6. The lowest BCUT2D eigenvalue weighted by atomic mass is 9.93. The molecule has 2 heterocycles. The second kappa shape index (κ2) is 7.25. The number of carbonyl (C=O) groups is 1. The monoisotopic (exact) mass is 369 g/mol. The van der Waals surface area contributed by atoms with Crippen molar-refractivity contribution < 1.29 is 14.3 Å². The van der Waals surface area contributed by atoms with E-state index in [0.717, 1.165) is 54.0 Å². The van der Waals surface area contributed by atoms with Crippen LogP contribution in [0.15, 0.2) is 18.2 Å². The van der Waals surface area contributed by atoms with Crippen molar-refractivity contribution in [1.29, 1.82) is 0 Å². The zero-order valence-electron chi connectivity index (χ0n) is 16.2. The molecular weight excluding hydrogens is 342 g/mol. The summed E-state index contributed by atoms with van der Waals surface area (Å²) in [5, 5.41) is 7.81. The van der Waals surface area contributed by atoms with E-state index in [1.54, 1.807) is 4.68 Å². The Bertz CT molecular complexity index is 857. The molecule has 1 N–H and O–H groups in total. The van der Waals surface area contributed by atoms with Gasteiger partial charge in [0.1, 0.15) is 18.9 Å². The Balaban J connectivity index is 1.61. The average Bonchev–Trinajstić information content (AvgIpc) is 3.01. The molecule has 0 spiro atoms. The van der Waals surface area contributed by atoms with Crippen molar-refractivity contribution in [3.63, 3.8) is 0 Å². The maximum atomic E-state index is 13.1. The highest BCUT2D eigenvalue weighted by molar-refractivity contribution is 5.94. The SMILES string of the molecule is CC(C)[C@@H](NC(=O)c1c2c(nn1C)CCCC2)c1ccc2c(c1)OCCO2. The van der Waals surface area contributed by atoms with E-state index in [1.807, 2.05) is 25.2 Å². The van der Waals surface area contributed by atoms with E-state index in [9.17, 15) is 4.79 Å². The predicted octanol–water partition coefficient (Wildman–Crippen LogP) is 3.20. The second-order valence-corrected chi connectivity index (χ2v) is 7.70. The number of aromatic nitrogens is 2. The molecule has 0 saturated heterocycles. The number of nitrogens with one attached hydrogen (secondary N) is 1. The molecule has 1 aromatic carbocycles. The van der Waals surface area contributed by atoms with Crippen molar-refractivity contribution in [2.45, 2.75) is 45.6 Å². The summed E-state index contributed by atoms with van der Waals surface area (Å²) in [6.07, 6.45) is 4.17. The Labute approximate surface area is 159 Å². The fraction of sp³-hybridized carbons (Fsp3) is 0.524. The molecule has 0 radical (unpaired) electrons. The Morgan fingerprint density at radius 2 is 1.89 bits per heavy atom. The molecule has 144 valence electrons. The van der Waals surface area contributed by atoms with E-state index in [2.05, 4.69) is 24.3 Å². The molecule has 6 heteroatoms. The number of carbonyl (C=O) groups excluding carboxylic acids is 1. The van der Waals surface area contributed by atoms with E-state index >= 15 is 0 Å². The van der Waals surface area contributed by atoms with Crippen LogP contribution in [-0.4, -0.2) is 28.9 Å². The van der Waals surface area contributed by atoms with Crippen LogP contribution < -0.4 is 14.8 Å². The van der Waals surface area contributed by atoms with Crippen molar-refractivity contribution in [2.75, 3.05) is 13.2 Å². The van der Waals surface area contributed by atoms with Crippen LogP contribution in [0.3, 0.4) is 0 Å².